The minimum absolute atomic E-state index is 0.0193. The van der Waals surface area contributed by atoms with Gasteiger partial charge in [0, 0.05) is 6.42 Å². The molecule has 1 unspecified atom stereocenters. The molecule has 4 heteroatoms. The highest BCUT2D eigenvalue weighted by Gasteiger charge is 2.20. The van der Waals surface area contributed by atoms with Crippen LogP contribution in [0.15, 0.2) is 60.7 Å². The smallest absolute Gasteiger partial charge is 0.314 e. The Kier molecular flexibility index (Phi) is 15.3. The van der Waals surface area contributed by atoms with Gasteiger partial charge in [-0.1, -0.05) is 114 Å². The first-order chi connectivity index (χ1) is 17.2. The zero-order chi connectivity index (χ0) is 25.0. The standard InChI is InChI=1S/C31H44O4/c1-2-3-4-5-8-13-20-27(31(33)35-29-24-17-12-18-25-29)21-14-9-6-7-10-19-26-30(32)34-28-22-15-11-16-23-28/h11-12,15-18,22-25,27H,2-10,13-14,19-21,26H2,1H3. The SMILES string of the molecule is CCCCCCCCC(CCCCCCCCC(=O)Oc1ccccc1)C(=O)Oc1ccccc1. The molecule has 0 spiro atoms. The minimum atomic E-state index is -0.161. The van der Waals surface area contributed by atoms with Gasteiger partial charge in [-0.05, 0) is 43.5 Å². The molecule has 0 saturated heterocycles. The number of unbranched alkanes of at least 4 members (excludes halogenated alkanes) is 10. The van der Waals surface area contributed by atoms with E-state index >= 15 is 0 Å². The van der Waals surface area contributed by atoms with E-state index in [0.717, 1.165) is 57.8 Å². The lowest BCUT2D eigenvalue weighted by molar-refractivity contribution is -0.139. The summed E-state index contributed by atoms with van der Waals surface area (Å²) in [4.78, 5) is 24.7. The summed E-state index contributed by atoms with van der Waals surface area (Å²) in [5.74, 6) is 0.983. The molecule has 0 bridgehead atoms. The van der Waals surface area contributed by atoms with E-state index < -0.39 is 0 Å². The molecule has 0 heterocycles. The van der Waals surface area contributed by atoms with Crippen LogP contribution in [0.3, 0.4) is 0 Å². The molecule has 0 fully saturated rings. The predicted molar refractivity (Wildman–Crippen MR) is 143 cm³/mol. The molecule has 0 aromatic heterocycles. The first-order valence-corrected chi connectivity index (χ1v) is 13.7. The van der Waals surface area contributed by atoms with Crippen molar-refractivity contribution in [2.75, 3.05) is 0 Å². The Morgan fingerprint density at radius 3 is 1.60 bits per heavy atom. The molecule has 0 radical (unpaired) electrons. The Labute approximate surface area is 212 Å². The molecule has 0 amide bonds. The number of hydrogen-bond donors (Lipinski definition) is 0. The highest BCUT2D eigenvalue weighted by atomic mass is 16.5. The van der Waals surface area contributed by atoms with Crippen LogP contribution in [0.4, 0.5) is 0 Å². The van der Waals surface area contributed by atoms with Gasteiger partial charge in [-0.2, -0.15) is 0 Å². The van der Waals surface area contributed by atoms with Gasteiger partial charge in [0.2, 0.25) is 0 Å². The van der Waals surface area contributed by atoms with Crippen molar-refractivity contribution in [3.8, 4) is 11.5 Å². The van der Waals surface area contributed by atoms with Crippen LogP contribution in [0, 0.1) is 5.92 Å². The van der Waals surface area contributed by atoms with Gasteiger partial charge < -0.3 is 9.47 Å². The molecule has 0 saturated carbocycles. The molecule has 4 nitrogen and oxygen atoms in total. The van der Waals surface area contributed by atoms with E-state index in [1.165, 1.54) is 32.1 Å². The Bertz CT molecular complexity index is 803. The zero-order valence-corrected chi connectivity index (χ0v) is 21.6. The second-order valence-electron chi connectivity index (χ2n) is 9.43. The van der Waals surface area contributed by atoms with Crippen molar-refractivity contribution in [2.24, 2.45) is 5.92 Å². The first-order valence-electron chi connectivity index (χ1n) is 13.7. The van der Waals surface area contributed by atoms with Gasteiger partial charge in [0.25, 0.3) is 0 Å². The van der Waals surface area contributed by atoms with Crippen LogP contribution < -0.4 is 9.47 Å². The summed E-state index contributed by atoms with van der Waals surface area (Å²) in [7, 11) is 0. The second kappa shape index (κ2) is 18.7. The van der Waals surface area contributed by atoms with Crippen molar-refractivity contribution in [2.45, 2.75) is 103 Å². The van der Waals surface area contributed by atoms with Gasteiger partial charge in [0.15, 0.2) is 0 Å². The van der Waals surface area contributed by atoms with Crippen LogP contribution in [-0.2, 0) is 9.59 Å². The van der Waals surface area contributed by atoms with Gasteiger partial charge in [-0.3, -0.25) is 9.59 Å². The van der Waals surface area contributed by atoms with Crippen LogP contribution in [0.1, 0.15) is 103 Å². The number of carbonyl (C=O) groups is 2. The summed E-state index contributed by atoms with van der Waals surface area (Å²) in [5.41, 5.74) is 0. The molecular weight excluding hydrogens is 436 g/mol. The average Bonchev–Trinajstić information content (AvgIpc) is 2.87. The molecule has 1 atom stereocenters. The van der Waals surface area contributed by atoms with Gasteiger partial charge in [0.05, 0.1) is 5.92 Å². The monoisotopic (exact) mass is 480 g/mol. The normalized spacial score (nSPS) is 11.7. The number of ether oxygens (including phenoxy) is 2. The lowest BCUT2D eigenvalue weighted by Crippen LogP contribution is -2.20. The summed E-state index contributed by atoms with van der Waals surface area (Å²) in [6.45, 7) is 2.23. The van der Waals surface area contributed by atoms with Gasteiger partial charge >= 0.3 is 11.9 Å². The lowest BCUT2D eigenvalue weighted by Gasteiger charge is -2.16. The molecule has 192 valence electrons. The first kappa shape index (κ1) is 28.6. The van der Waals surface area contributed by atoms with Crippen molar-refractivity contribution >= 4 is 11.9 Å². The summed E-state index contributed by atoms with van der Waals surface area (Å²) in [5, 5.41) is 0. The zero-order valence-electron chi connectivity index (χ0n) is 21.6. The molecule has 0 N–H and O–H groups in total. The fourth-order valence-electron chi connectivity index (χ4n) is 4.28. The Morgan fingerprint density at radius 1 is 0.600 bits per heavy atom. The Morgan fingerprint density at radius 2 is 1.06 bits per heavy atom. The molecular formula is C31H44O4. The van der Waals surface area contributed by atoms with Crippen LogP contribution >= 0.6 is 0 Å². The third-order valence-corrected chi connectivity index (χ3v) is 6.36. The largest absolute Gasteiger partial charge is 0.427 e. The number of carbonyl (C=O) groups excluding carboxylic acids is 2. The fourth-order valence-corrected chi connectivity index (χ4v) is 4.28. The highest BCUT2D eigenvalue weighted by molar-refractivity contribution is 5.75. The fraction of sp³-hybridized carbons (Fsp3) is 0.548. The van der Waals surface area contributed by atoms with Crippen molar-refractivity contribution in [3.05, 3.63) is 60.7 Å². The number of hydrogen-bond acceptors (Lipinski definition) is 4. The quantitative estimate of drug-likeness (QED) is 0.115. The van der Waals surface area contributed by atoms with Crippen LogP contribution in [0.25, 0.3) is 0 Å². The second-order valence-corrected chi connectivity index (χ2v) is 9.43. The molecule has 0 aliphatic heterocycles. The van der Waals surface area contributed by atoms with Crippen LogP contribution in [-0.4, -0.2) is 11.9 Å². The van der Waals surface area contributed by atoms with E-state index in [-0.39, 0.29) is 17.9 Å². The van der Waals surface area contributed by atoms with Gasteiger partial charge in [-0.15, -0.1) is 0 Å². The predicted octanol–water partition coefficient (Wildman–Crippen LogP) is 8.69. The van der Waals surface area contributed by atoms with E-state index in [4.69, 9.17) is 9.47 Å². The molecule has 35 heavy (non-hydrogen) atoms. The number of rotatable bonds is 19. The maximum atomic E-state index is 12.8. The summed E-state index contributed by atoms with van der Waals surface area (Å²) < 4.78 is 11.0. The van der Waals surface area contributed by atoms with Gasteiger partial charge in [0.1, 0.15) is 11.5 Å². The Hall–Kier alpha value is -2.62. The van der Waals surface area contributed by atoms with E-state index in [1.807, 2.05) is 48.5 Å². The Balaban J connectivity index is 1.60. The minimum Gasteiger partial charge on any atom is -0.427 e. The van der Waals surface area contributed by atoms with E-state index in [2.05, 4.69) is 6.92 Å². The average molecular weight is 481 g/mol. The third-order valence-electron chi connectivity index (χ3n) is 6.36. The number of benzene rings is 2. The van der Waals surface area contributed by atoms with Crippen molar-refractivity contribution < 1.29 is 19.1 Å². The highest BCUT2D eigenvalue weighted by Crippen LogP contribution is 2.22. The summed E-state index contributed by atoms with van der Waals surface area (Å²) in [6.07, 6.45) is 15.9. The van der Waals surface area contributed by atoms with Gasteiger partial charge in [-0.25, -0.2) is 0 Å². The molecule has 2 rings (SSSR count). The number of esters is 2. The van der Waals surface area contributed by atoms with Crippen molar-refractivity contribution in [1.82, 2.24) is 0 Å². The summed E-state index contributed by atoms with van der Waals surface area (Å²) >= 11 is 0. The van der Waals surface area contributed by atoms with Crippen molar-refractivity contribution in [3.63, 3.8) is 0 Å². The maximum Gasteiger partial charge on any atom is 0.314 e. The molecule has 2 aromatic carbocycles. The lowest BCUT2D eigenvalue weighted by atomic mass is 9.94. The van der Waals surface area contributed by atoms with Crippen molar-refractivity contribution in [1.29, 1.82) is 0 Å². The topological polar surface area (TPSA) is 52.6 Å². The molecule has 0 aliphatic carbocycles. The third kappa shape index (κ3) is 13.8. The molecule has 0 aliphatic rings. The molecule has 2 aromatic rings. The van der Waals surface area contributed by atoms with E-state index in [9.17, 15) is 9.59 Å². The summed E-state index contributed by atoms with van der Waals surface area (Å²) in [6, 6.07) is 18.6. The number of para-hydroxylation sites is 2. The van der Waals surface area contributed by atoms with Crippen LogP contribution in [0.5, 0.6) is 11.5 Å². The maximum absolute atomic E-state index is 12.8. The van der Waals surface area contributed by atoms with E-state index in [0.29, 0.717) is 17.9 Å². The van der Waals surface area contributed by atoms with E-state index in [1.54, 1.807) is 12.1 Å². The van der Waals surface area contributed by atoms with Crippen LogP contribution in [0.2, 0.25) is 0 Å².